The van der Waals surface area contributed by atoms with Gasteiger partial charge in [-0.1, -0.05) is 0 Å². The fourth-order valence-electron chi connectivity index (χ4n) is 4.25. The number of hydrogen-bond donors (Lipinski definition) is 0. The topological polar surface area (TPSA) is 63.5 Å². The largest absolute Gasteiger partial charge is 0.363 e. The molecule has 1 atom stereocenters. The van der Waals surface area contributed by atoms with Crippen molar-refractivity contribution < 1.29 is 9.53 Å². The zero-order valence-electron chi connectivity index (χ0n) is 16.2. The monoisotopic (exact) mass is 389 g/mol. The summed E-state index contributed by atoms with van der Waals surface area (Å²) in [5.41, 5.74) is 1.97. The van der Waals surface area contributed by atoms with Gasteiger partial charge >= 0.3 is 0 Å². The molecule has 0 aliphatic carbocycles. The summed E-state index contributed by atoms with van der Waals surface area (Å²) in [4.78, 5) is 21.5. The number of thiazole rings is 1. The standard InChI is InChI=1S/C19H27N5O2S/c1-14-19(4-6-23(7-5-19)10-16-8-20-22(3)9-16)26-12-18(25)24(14)11-17-13-27-15(2)21-17/h8-9,13-14H,4-7,10-12H2,1-3H3/t14-/m1/s1. The molecule has 0 saturated carbocycles. The molecule has 1 amide bonds. The van der Waals surface area contributed by atoms with Gasteiger partial charge in [-0.2, -0.15) is 5.10 Å². The van der Waals surface area contributed by atoms with Crippen LogP contribution in [0.2, 0.25) is 0 Å². The lowest BCUT2D eigenvalue weighted by Gasteiger charge is -2.51. The fourth-order valence-corrected chi connectivity index (χ4v) is 4.86. The Kier molecular flexibility index (Phi) is 5.05. The van der Waals surface area contributed by atoms with E-state index in [4.69, 9.17) is 4.74 Å². The molecular weight excluding hydrogens is 362 g/mol. The lowest BCUT2D eigenvalue weighted by molar-refractivity contribution is -0.188. The van der Waals surface area contributed by atoms with Crippen LogP contribution in [0.1, 0.15) is 36.0 Å². The number of aryl methyl sites for hydroxylation is 2. The predicted octanol–water partition coefficient (Wildman–Crippen LogP) is 1.97. The van der Waals surface area contributed by atoms with Gasteiger partial charge in [-0.05, 0) is 26.7 Å². The molecule has 0 N–H and O–H groups in total. The van der Waals surface area contributed by atoms with Gasteiger partial charge in [-0.15, -0.1) is 11.3 Å². The quantitative estimate of drug-likeness (QED) is 0.800. The second kappa shape index (κ2) is 7.33. The van der Waals surface area contributed by atoms with Crippen LogP contribution in [0.3, 0.4) is 0 Å². The number of likely N-dealkylation sites (tertiary alicyclic amines) is 1. The fraction of sp³-hybridized carbons (Fsp3) is 0.632. The molecule has 2 aliphatic rings. The van der Waals surface area contributed by atoms with Crippen molar-refractivity contribution in [2.24, 2.45) is 7.05 Å². The molecule has 4 rings (SSSR count). The van der Waals surface area contributed by atoms with E-state index in [1.54, 1.807) is 11.3 Å². The van der Waals surface area contributed by atoms with Crippen molar-refractivity contribution in [2.75, 3.05) is 19.7 Å². The minimum absolute atomic E-state index is 0.0568. The molecule has 0 radical (unpaired) electrons. The summed E-state index contributed by atoms with van der Waals surface area (Å²) in [6.07, 6.45) is 5.88. The van der Waals surface area contributed by atoms with Gasteiger partial charge in [0, 0.05) is 43.8 Å². The average molecular weight is 390 g/mol. The number of carbonyl (C=O) groups is 1. The minimum Gasteiger partial charge on any atom is -0.363 e. The number of aromatic nitrogens is 3. The molecule has 146 valence electrons. The highest BCUT2D eigenvalue weighted by molar-refractivity contribution is 7.09. The van der Waals surface area contributed by atoms with Crippen molar-refractivity contribution >= 4 is 17.2 Å². The van der Waals surface area contributed by atoms with Crippen LogP contribution in [0.25, 0.3) is 0 Å². The van der Waals surface area contributed by atoms with Crippen LogP contribution in [-0.2, 0) is 29.7 Å². The summed E-state index contributed by atoms with van der Waals surface area (Å²) < 4.78 is 8.00. The average Bonchev–Trinajstić information content (AvgIpc) is 3.25. The third-order valence-electron chi connectivity index (χ3n) is 5.90. The Morgan fingerprint density at radius 1 is 1.33 bits per heavy atom. The van der Waals surface area contributed by atoms with Crippen LogP contribution in [0.5, 0.6) is 0 Å². The predicted molar refractivity (Wildman–Crippen MR) is 103 cm³/mol. The van der Waals surface area contributed by atoms with Crippen molar-refractivity contribution in [1.82, 2.24) is 24.6 Å². The molecule has 2 aromatic rings. The van der Waals surface area contributed by atoms with Gasteiger partial charge in [0.05, 0.1) is 35.1 Å². The summed E-state index contributed by atoms with van der Waals surface area (Å²) >= 11 is 1.63. The summed E-state index contributed by atoms with van der Waals surface area (Å²) in [5.74, 6) is 0.0663. The van der Waals surface area contributed by atoms with E-state index in [-0.39, 0.29) is 24.2 Å². The molecule has 2 saturated heterocycles. The summed E-state index contributed by atoms with van der Waals surface area (Å²) in [7, 11) is 1.95. The molecular formula is C19H27N5O2S. The zero-order valence-corrected chi connectivity index (χ0v) is 17.0. The Labute approximate surface area is 163 Å². The smallest absolute Gasteiger partial charge is 0.249 e. The van der Waals surface area contributed by atoms with E-state index >= 15 is 0 Å². The van der Waals surface area contributed by atoms with Crippen LogP contribution < -0.4 is 0 Å². The van der Waals surface area contributed by atoms with E-state index in [1.807, 2.05) is 35.1 Å². The van der Waals surface area contributed by atoms with Crippen LogP contribution in [0.15, 0.2) is 17.8 Å². The van der Waals surface area contributed by atoms with Crippen molar-refractivity contribution in [1.29, 1.82) is 0 Å². The zero-order chi connectivity index (χ0) is 19.0. The molecule has 7 nitrogen and oxygen atoms in total. The van der Waals surface area contributed by atoms with Crippen molar-refractivity contribution in [3.8, 4) is 0 Å². The molecule has 2 fully saturated rings. The van der Waals surface area contributed by atoms with Crippen LogP contribution in [0.4, 0.5) is 0 Å². The molecule has 4 heterocycles. The first-order valence-corrected chi connectivity index (χ1v) is 10.4. The molecule has 0 aromatic carbocycles. The lowest BCUT2D eigenvalue weighted by Crippen LogP contribution is -2.63. The highest BCUT2D eigenvalue weighted by atomic mass is 32.1. The van der Waals surface area contributed by atoms with E-state index < -0.39 is 0 Å². The van der Waals surface area contributed by atoms with Crippen LogP contribution in [0, 0.1) is 6.92 Å². The van der Waals surface area contributed by atoms with E-state index in [1.165, 1.54) is 5.56 Å². The summed E-state index contributed by atoms with van der Waals surface area (Å²) in [6.45, 7) is 7.74. The molecule has 2 aromatic heterocycles. The SMILES string of the molecule is Cc1nc(CN2C(=O)COC3(CCN(Cc4cnn(C)c4)CC3)[C@H]2C)cs1. The molecule has 1 spiro atoms. The van der Waals surface area contributed by atoms with Gasteiger partial charge in [0.2, 0.25) is 5.91 Å². The van der Waals surface area contributed by atoms with E-state index in [0.29, 0.717) is 6.54 Å². The van der Waals surface area contributed by atoms with Gasteiger partial charge in [-0.3, -0.25) is 14.4 Å². The Hall–Kier alpha value is -1.77. The highest BCUT2D eigenvalue weighted by Crippen LogP contribution is 2.36. The maximum atomic E-state index is 12.5. The maximum absolute atomic E-state index is 12.5. The molecule has 8 heteroatoms. The maximum Gasteiger partial charge on any atom is 0.249 e. The Bertz CT molecular complexity index is 809. The number of morpholine rings is 1. The number of nitrogens with zero attached hydrogens (tertiary/aromatic N) is 5. The molecule has 2 aliphatic heterocycles. The Balaban J connectivity index is 1.41. The molecule has 0 unspecified atom stereocenters. The second-order valence-corrected chi connectivity index (χ2v) is 8.77. The first kappa shape index (κ1) is 18.6. The van der Waals surface area contributed by atoms with E-state index in [0.717, 1.165) is 43.2 Å². The van der Waals surface area contributed by atoms with Crippen LogP contribution >= 0.6 is 11.3 Å². The number of hydrogen-bond acceptors (Lipinski definition) is 6. The van der Waals surface area contributed by atoms with Gasteiger partial charge in [0.25, 0.3) is 0 Å². The Morgan fingerprint density at radius 2 is 2.11 bits per heavy atom. The normalized spacial score (nSPS) is 23.3. The first-order valence-electron chi connectivity index (χ1n) is 9.49. The van der Waals surface area contributed by atoms with E-state index in [9.17, 15) is 4.79 Å². The Morgan fingerprint density at radius 3 is 2.74 bits per heavy atom. The van der Waals surface area contributed by atoms with Gasteiger partial charge < -0.3 is 9.64 Å². The lowest BCUT2D eigenvalue weighted by atomic mass is 9.82. The number of amides is 1. The second-order valence-electron chi connectivity index (χ2n) is 7.71. The molecule has 0 bridgehead atoms. The summed E-state index contributed by atoms with van der Waals surface area (Å²) in [5, 5.41) is 7.34. The number of carbonyl (C=O) groups excluding carboxylic acids is 1. The van der Waals surface area contributed by atoms with Crippen molar-refractivity contribution in [2.45, 2.75) is 51.4 Å². The highest BCUT2D eigenvalue weighted by Gasteiger charge is 2.47. The molecule has 27 heavy (non-hydrogen) atoms. The summed E-state index contributed by atoms with van der Waals surface area (Å²) in [6, 6.07) is 0.0568. The van der Waals surface area contributed by atoms with Gasteiger partial charge in [0.1, 0.15) is 6.61 Å². The third kappa shape index (κ3) is 3.79. The van der Waals surface area contributed by atoms with Crippen molar-refractivity contribution in [3.05, 3.63) is 34.0 Å². The van der Waals surface area contributed by atoms with E-state index in [2.05, 4.69) is 28.1 Å². The minimum atomic E-state index is -0.246. The van der Waals surface area contributed by atoms with Gasteiger partial charge in [0.15, 0.2) is 0 Å². The number of piperidine rings is 1. The number of ether oxygens (including phenoxy) is 1. The third-order valence-corrected chi connectivity index (χ3v) is 6.72. The van der Waals surface area contributed by atoms with Gasteiger partial charge in [-0.25, -0.2) is 4.98 Å². The first-order chi connectivity index (χ1) is 12.9. The van der Waals surface area contributed by atoms with Crippen LogP contribution in [-0.4, -0.2) is 61.8 Å². The number of rotatable bonds is 4. The van der Waals surface area contributed by atoms with Crippen molar-refractivity contribution in [3.63, 3.8) is 0 Å².